The van der Waals surface area contributed by atoms with Crippen molar-refractivity contribution in [1.29, 1.82) is 0 Å². The Balaban J connectivity index is 2.31. The Morgan fingerprint density at radius 2 is 1.39 bits per heavy atom. The molecule has 148 valence electrons. The summed E-state index contributed by atoms with van der Waals surface area (Å²) >= 11 is 0. The molecule has 2 nitrogen and oxygen atoms in total. The van der Waals surface area contributed by atoms with E-state index in [2.05, 4.69) is 27.7 Å². The molecule has 0 bridgehead atoms. The molecule has 28 heavy (non-hydrogen) atoms. The summed E-state index contributed by atoms with van der Waals surface area (Å²) in [5.41, 5.74) is 2.07. The van der Waals surface area contributed by atoms with Gasteiger partial charge in [0.05, 0.1) is 0 Å². The number of carbonyl (C=O) groups is 2. The third-order valence-corrected chi connectivity index (χ3v) is 5.03. The molecule has 0 spiro atoms. The fourth-order valence-electron chi connectivity index (χ4n) is 3.78. The summed E-state index contributed by atoms with van der Waals surface area (Å²) in [5, 5.41) is 0. The Labute approximate surface area is 169 Å². The van der Waals surface area contributed by atoms with Crippen molar-refractivity contribution in [1.82, 2.24) is 0 Å². The van der Waals surface area contributed by atoms with E-state index in [9.17, 15) is 9.59 Å². The summed E-state index contributed by atoms with van der Waals surface area (Å²) < 4.78 is 0. The highest BCUT2D eigenvalue weighted by atomic mass is 16.1. The van der Waals surface area contributed by atoms with E-state index in [1.165, 1.54) is 0 Å². The van der Waals surface area contributed by atoms with Gasteiger partial charge in [-0.1, -0.05) is 94.4 Å². The second-order valence-corrected chi connectivity index (χ2v) is 8.27. The van der Waals surface area contributed by atoms with Crippen LogP contribution in [0.5, 0.6) is 0 Å². The van der Waals surface area contributed by atoms with Crippen LogP contribution in [-0.4, -0.2) is 11.6 Å². The van der Waals surface area contributed by atoms with E-state index < -0.39 is 0 Å². The lowest BCUT2D eigenvalue weighted by molar-refractivity contribution is -0.122. The van der Waals surface area contributed by atoms with E-state index in [1.807, 2.05) is 66.7 Å². The molecule has 0 aliphatic carbocycles. The fraction of sp³-hybridized carbons (Fsp3) is 0.385. The van der Waals surface area contributed by atoms with Gasteiger partial charge in [-0.2, -0.15) is 0 Å². The van der Waals surface area contributed by atoms with Gasteiger partial charge in [0.25, 0.3) is 0 Å². The number of rotatable bonds is 10. The molecule has 0 aliphatic heterocycles. The van der Waals surface area contributed by atoms with Crippen LogP contribution in [0.3, 0.4) is 0 Å². The zero-order chi connectivity index (χ0) is 20.5. The third kappa shape index (κ3) is 6.60. The molecule has 0 amide bonds. The van der Waals surface area contributed by atoms with Crippen LogP contribution in [0, 0.1) is 17.8 Å². The summed E-state index contributed by atoms with van der Waals surface area (Å²) in [6.45, 7) is 8.26. The van der Waals surface area contributed by atoms with Gasteiger partial charge in [-0.25, -0.2) is 0 Å². The van der Waals surface area contributed by atoms with Gasteiger partial charge in [-0.15, -0.1) is 0 Å². The lowest BCUT2D eigenvalue weighted by Crippen LogP contribution is -2.28. The molecule has 0 heterocycles. The first-order valence-electron chi connectivity index (χ1n) is 10.2. The van der Waals surface area contributed by atoms with Crippen LogP contribution in [0.1, 0.15) is 57.6 Å². The minimum atomic E-state index is -0.224. The lowest BCUT2D eigenvalue weighted by atomic mass is 9.73. The number of allylic oxidation sites excluding steroid dienone is 1. The Bertz CT molecular complexity index is 773. The van der Waals surface area contributed by atoms with E-state index in [0.29, 0.717) is 18.8 Å². The maximum absolute atomic E-state index is 13.2. The first-order chi connectivity index (χ1) is 13.4. The first kappa shape index (κ1) is 21.8. The molecule has 2 rings (SSSR count). The Morgan fingerprint density at radius 3 is 1.93 bits per heavy atom. The van der Waals surface area contributed by atoms with Crippen LogP contribution >= 0.6 is 0 Å². The van der Waals surface area contributed by atoms with Gasteiger partial charge in [0.1, 0.15) is 5.78 Å². The minimum Gasteiger partial charge on any atom is -0.300 e. The molecule has 0 saturated carbocycles. The molecule has 0 N–H and O–H groups in total. The van der Waals surface area contributed by atoms with Crippen molar-refractivity contribution >= 4 is 17.6 Å². The third-order valence-electron chi connectivity index (χ3n) is 5.03. The molecule has 2 atom stereocenters. The van der Waals surface area contributed by atoms with Gasteiger partial charge in [-0.05, 0) is 29.0 Å². The number of ketones is 2. The topological polar surface area (TPSA) is 34.1 Å². The van der Waals surface area contributed by atoms with Gasteiger partial charge < -0.3 is 0 Å². The molecular weight excluding hydrogens is 344 g/mol. The normalized spacial score (nSPS) is 13.8. The van der Waals surface area contributed by atoms with Crippen molar-refractivity contribution < 1.29 is 9.59 Å². The van der Waals surface area contributed by atoms with Crippen LogP contribution < -0.4 is 0 Å². The molecule has 2 aromatic rings. The smallest absolute Gasteiger partial charge is 0.159 e. The SMILES string of the molecule is CC(C)CC(=O)C[C@H](c1ccccc1)[C@H](C(=O)/C=C/c1ccccc1)C(C)C. The highest BCUT2D eigenvalue weighted by molar-refractivity contribution is 5.96. The van der Waals surface area contributed by atoms with Crippen molar-refractivity contribution in [3.63, 3.8) is 0 Å². The van der Waals surface area contributed by atoms with E-state index in [1.54, 1.807) is 6.08 Å². The Kier molecular flexibility index (Phi) is 8.38. The second kappa shape index (κ2) is 10.8. The van der Waals surface area contributed by atoms with Gasteiger partial charge in [0, 0.05) is 24.7 Å². The summed E-state index contributed by atoms with van der Waals surface area (Å²) in [6.07, 6.45) is 4.52. The van der Waals surface area contributed by atoms with Crippen molar-refractivity contribution in [2.45, 2.75) is 46.5 Å². The van der Waals surface area contributed by atoms with Gasteiger partial charge >= 0.3 is 0 Å². The zero-order valence-corrected chi connectivity index (χ0v) is 17.5. The second-order valence-electron chi connectivity index (χ2n) is 8.27. The maximum atomic E-state index is 13.2. The molecular formula is C26H32O2. The van der Waals surface area contributed by atoms with Gasteiger partial charge in [-0.3, -0.25) is 9.59 Å². The predicted octanol–water partition coefficient (Wildman–Crippen LogP) is 6.33. The highest BCUT2D eigenvalue weighted by Crippen LogP contribution is 2.35. The van der Waals surface area contributed by atoms with E-state index >= 15 is 0 Å². The highest BCUT2D eigenvalue weighted by Gasteiger charge is 2.32. The summed E-state index contributed by atoms with van der Waals surface area (Å²) in [6, 6.07) is 19.9. The standard InChI is InChI=1S/C26H32O2/c1-19(2)17-23(27)18-24(22-13-9-6-10-14-22)26(20(3)4)25(28)16-15-21-11-7-5-8-12-21/h5-16,19-20,24,26H,17-18H2,1-4H3/b16-15+/t24-,26-/m1/s1. The number of carbonyl (C=O) groups excluding carboxylic acids is 2. The van der Waals surface area contributed by atoms with Crippen molar-refractivity contribution in [3.05, 3.63) is 77.9 Å². The number of benzene rings is 2. The lowest BCUT2D eigenvalue weighted by Gasteiger charge is -2.29. The Hall–Kier alpha value is -2.48. The summed E-state index contributed by atoms with van der Waals surface area (Å²) in [5.74, 6) is 0.471. The average molecular weight is 377 g/mol. The molecule has 0 unspecified atom stereocenters. The van der Waals surface area contributed by atoms with Crippen molar-refractivity contribution in [3.8, 4) is 0 Å². The van der Waals surface area contributed by atoms with Crippen LogP contribution in [0.15, 0.2) is 66.7 Å². The maximum Gasteiger partial charge on any atom is 0.159 e. The zero-order valence-electron chi connectivity index (χ0n) is 17.5. The number of hydrogen-bond acceptors (Lipinski definition) is 2. The van der Waals surface area contributed by atoms with Crippen LogP contribution in [0.2, 0.25) is 0 Å². The summed E-state index contributed by atoms with van der Waals surface area (Å²) in [7, 11) is 0. The molecule has 2 heteroatoms. The molecule has 2 aromatic carbocycles. The molecule has 0 fully saturated rings. The average Bonchev–Trinajstić information content (AvgIpc) is 2.66. The number of Topliss-reactive ketones (excluding diaryl/α,β-unsaturated/α-hetero) is 1. The van der Waals surface area contributed by atoms with Gasteiger partial charge in [0.2, 0.25) is 0 Å². The number of hydrogen-bond donors (Lipinski definition) is 0. The summed E-state index contributed by atoms with van der Waals surface area (Å²) in [4.78, 5) is 25.8. The molecule has 0 aromatic heterocycles. The van der Waals surface area contributed by atoms with Crippen molar-refractivity contribution in [2.75, 3.05) is 0 Å². The molecule has 0 saturated heterocycles. The van der Waals surface area contributed by atoms with Crippen LogP contribution in [-0.2, 0) is 9.59 Å². The monoisotopic (exact) mass is 376 g/mol. The van der Waals surface area contributed by atoms with Crippen LogP contribution in [0.25, 0.3) is 6.08 Å². The Morgan fingerprint density at radius 1 is 0.821 bits per heavy atom. The fourth-order valence-corrected chi connectivity index (χ4v) is 3.78. The van der Waals surface area contributed by atoms with E-state index in [4.69, 9.17) is 0 Å². The van der Waals surface area contributed by atoms with Crippen molar-refractivity contribution in [2.24, 2.45) is 17.8 Å². The van der Waals surface area contributed by atoms with Gasteiger partial charge in [0.15, 0.2) is 5.78 Å². The first-order valence-corrected chi connectivity index (χ1v) is 10.2. The van der Waals surface area contributed by atoms with Crippen LogP contribution in [0.4, 0.5) is 0 Å². The predicted molar refractivity (Wildman–Crippen MR) is 117 cm³/mol. The molecule has 0 radical (unpaired) electrons. The van der Waals surface area contributed by atoms with E-state index in [-0.39, 0.29) is 29.3 Å². The van der Waals surface area contributed by atoms with E-state index in [0.717, 1.165) is 11.1 Å². The molecule has 0 aliphatic rings. The minimum absolute atomic E-state index is 0.0880. The largest absolute Gasteiger partial charge is 0.300 e. The quantitative estimate of drug-likeness (QED) is 0.454.